The van der Waals surface area contributed by atoms with Crippen molar-refractivity contribution in [2.45, 2.75) is 25.3 Å². The average Bonchev–Trinajstić information content (AvgIpc) is 3.46. The molecule has 1 fully saturated rings. The fourth-order valence-corrected chi connectivity index (χ4v) is 2.47. The lowest BCUT2D eigenvalue weighted by Crippen LogP contribution is -2.25. The predicted molar refractivity (Wildman–Crippen MR) is 98.6 cm³/mol. The van der Waals surface area contributed by atoms with E-state index in [2.05, 4.69) is 10.6 Å². The van der Waals surface area contributed by atoms with Gasteiger partial charge in [-0.3, -0.25) is 14.9 Å². The van der Waals surface area contributed by atoms with Crippen LogP contribution in [0.15, 0.2) is 48.5 Å². The van der Waals surface area contributed by atoms with Crippen LogP contribution >= 0.6 is 0 Å². The van der Waals surface area contributed by atoms with Crippen molar-refractivity contribution >= 4 is 17.3 Å². The summed E-state index contributed by atoms with van der Waals surface area (Å²) in [7, 11) is 0. The number of amides is 1. The highest BCUT2D eigenvalue weighted by Gasteiger charge is 2.25. The Morgan fingerprint density at radius 3 is 2.65 bits per heavy atom. The Balaban J connectivity index is 1.53. The number of benzene rings is 2. The maximum atomic E-state index is 12.0. The molecule has 0 aromatic heterocycles. The molecule has 1 amide bonds. The number of nitro benzene ring substituents is 1. The van der Waals surface area contributed by atoms with Crippen LogP contribution in [0, 0.1) is 10.1 Å². The zero-order valence-electron chi connectivity index (χ0n) is 14.3. The van der Waals surface area contributed by atoms with Crippen LogP contribution in [0.5, 0.6) is 5.75 Å². The number of nitrogens with zero attached hydrogens (tertiary/aromatic N) is 1. The first-order valence-electron chi connectivity index (χ1n) is 8.64. The van der Waals surface area contributed by atoms with Crippen molar-refractivity contribution in [2.24, 2.45) is 0 Å². The Morgan fingerprint density at radius 2 is 1.96 bits per heavy atom. The molecule has 7 heteroatoms. The Bertz CT molecular complexity index is 776. The molecule has 1 saturated carbocycles. The Morgan fingerprint density at radius 1 is 1.19 bits per heavy atom. The quantitative estimate of drug-likeness (QED) is 0.409. The predicted octanol–water partition coefficient (Wildman–Crippen LogP) is 3.37. The summed E-state index contributed by atoms with van der Waals surface area (Å²) >= 11 is 0. The Kier molecular flexibility index (Phi) is 5.68. The first-order valence-corrected chi connectivity index (χ1v) is 8.64. The molecule has 0 unspecified atom stereocenters. The summed E-state index contributed by atoms with van der Waals surface area (Å²) in [5.74, 6) is 0.530. The summed E-state index contributed by atoms with van der Waals surface area (Å²) in [6.07, 6.45) is 2.63. The minimum Gasteiger partial charge on any atom is -0.494 e. The molecule has 1 aliphatic rings. The van der Waals surface area contributed by atoms with Crippen molar-refractivity contribution in [1.29, 1.82) is 0 Å². The van der Waals surface area contributed by atoms with Gasteiger partial charge < -0.3 is 15.4 Å². The Hall–Kier alpha value is -3.09. The number of nitrogens with one attached hydrogen (secondary N) is 2. The molecule has 0 heterocycles. The molecule has 7 nitrogen and oxygen atoms in total. The molecule has 2 N–H and O–H groups in total. The van der Waals surface area contributed by atoms with Crippen molar-refractivity contribution < 1.29 is 14.5 Å². The fraction of sp³-hybridized carbons (Fsp3) is 0.316. The summed E-state index contributed by atoms with van der Waals surface area (Å²) in [5.41, 5.74) is 0.608. The molecule has 0 saturated heterocycles. The van der Waals surface area contributed by atoms with Crippen LogP contribution in [0.1, 0.15) is 29.6 Å². The lowest BCUT2D eigenvalue weighted by molar-refractivity contribution is -0.384. The molecule has 2 aromatic carbocycles. The van der Waals surface area contributed by atoms with Gasteiger partial charge in [0.15, 0.2) is 0 Å². The summed E-state index contributed by atoms with van der Waals surface area (Å²) < 4.78 is 5.59. The number of carbonyl (C=O) groups is 1. The van der Waals surface area contributed by atoms with Gasteiger partial charge in [0.25, 0.3) is 11.6 Å². The lowest BCUT2D eigenvalue weighted by atomic mass is 10.1. The molecular formula is C19H21N3O4. The van der Waals surface area contributed by atoms with Gasteiger partial charge in [-0.2, -0.15) is 0 Å². The first-order chi connectivity index (χ1) is 12.6. The highest BCUT2D eigenvalue weighted by atomic mass is 16.6. The molecule has 0 spiro atoms. The van der Waals surface area contributed by atoms with Gasteiger partial charge in [0, 0.05) is 24.2 Å². The molecule has 26 heavy (non-hydrogen) atoms. The van der Waals surface area contributed by atoms with Crippen molar-refractivity contribution in [2.75, 3.05) is 18.5 Å². The molecule has 0 bridgehead atoms. The van der Waals surface area contributed by atoms with E-state index in [1.807, 2.05) is 30.3 Å². The molecule has 2 aromatic rings. The van der Waals surface area contributed by atoms with Gasteiger partial charge >= 0.3 is 0 Å². The number of carbonyl (C=O) groups excluding carboxylic acids is 1. The van der Waals surface area contributed by atoms with Crippen LogP contribution in [0.4, 0.5) is 11.4 Å². The van der Waals surface area contributed by atoms with Crippen LogP contribution in [-0.2, 0) is 0 Å². The second kappa shape index (κ2) is 8.33. The van der Waals surface area contributed by atoms with Gasteiger partial charge in [-0.05, 0) is 43.5 Å². The number of anilines is 1. The summed E-state index contributed by atoms with van der Waals surface area (Å²) in [4.78, 5) is 22.9. The topological polar surface area (TPSA) is 93.5 Å². The van der Waals surface area contributed by atoms with E-state index in [0.29, 0.717) is 30.8 Å². The minimum atomic E-state index is -0.475. The highest BCUT2D eigenvalue weighted by Crippen LogP contribution is 2.26. The zero-order chi connectivity index (χ0) is 18.4. The normalized spacial score (nSPS) is 13.1. The number of hydrogen-bond acceptors (Lipinski definition) is 5. The third-order valence-electron chi connectivity index (χ3n) is 4.02. The van der Waals surface area contributed by atoms with Gasteiger partial charge in [0.05, 0.1) is 11.5 Å². The third-order valence-corrected chi connectivity index (χ3v) is 4.02. The van der Waals surface area contributed by atoms with Gasteiger partial charge in [0.2, 0.25) is 0 Å². The van der Waals surface area contributed by atoms with Gasteiger partial charge in [-0.25, -0.2) is 0 Å². The van der Waals surface area contributed by atoms with E-state index in [1.165, 1.54) is 6.07 Å². The van der Waals surface area contributed by atoms with E-state index in [9.17, 15) is 14.9 Å². The number of nitro groups is 1. The van der Waals surface area contributed by atoms with E-state index >= 15 is 0 Å². The largest absolute Gasteiger partial charge is 0.494 e. The van der Waals surface area contributed by atoms with E-state index < -0.39 is 4.92 Å². The average molecular weight is 355 g/mol. The van der Waals surface area contributed by atoms with Gasteiger partial charge in [-0.15, -0.1) is 0 Å². The standard InChI is InChI=1S/C19H21N3O4/c23-19(21-15-8-9-15)14-7-10-17(18(13-14)22(24)25)20-11-4-12-26-16-5-2-1-3-6-16/h1-3,5-7,10,13,15,20H,4,8-9,11-12H2,(H,21,23). The summed E-state index contributed by atoms with van der Waals surface area (Å²) in [5, 5.41) is 17.2. The molecule has 0 aliphatic heterocycles. The molecule has 136 valence electrons. The Labute approximate surface area is 151 Å². The number of para-hydroxylation sites is 1. The molecule has 0 atom stereocenters. The maximum Gasteiger partial charge on any atom is 0.293 e. The number of rotatable bonds is 9. The van der Waals surface area contributed by atoms with Crippen LogP contribution in [0.2, 0.25) is 0 Å². The van der Waals surface area contributed by atoms with Gasteiger partial charge in [0.1, 0.15) is 11.4 Å². The van der Waals surface area contributed by atoms with Crippen molar-refractivity contribution in [3.63, 3.8) is 0 Å². The van der Waals surface area contributed by atoms with E-state index in [0.717, 1.165) is 18.6 Å². The van der Waals surface area contributed by atoms with Crippen molar-refractivity contribution in [3.05, 3.63) is 64.2 Å². The van der Waals surface area contributed by atoms with E-state index in [-0.39, 0.29) is 17.6 Å². The van der Waals surface area contributed by atoms with Crippen molar-refractivity contribution in [1.82, 2.24) is 5.32 Å². The minimum absolute atomic E-state index is 0.0996. The van der Waals surface area contributed by atoms with E-state index in [4.69, 9.17) is 4.74 Å². The highest BCUT2D eigenvalue weighted by molar-refractivity contribution is 5.96. The molecular weight excluding hydrogens is 334 g/mol. The molecule has 0 radical (unpaired) electrons. The molecule has 3 rings (SSSR count). The van der Waals surface area contributed by atoms with Crippen LogP contribution in [0.3, 0.4) is 0 Å². The molecule has 1 aliphatic carbocycles. The van der Waals surface area contributed by atoms with Crippen molar-refractivity contribution in [3.8, 4) is 5.75 Å². The smallest absolute Gasteiger partial charge is 0.293 e. The maximum absolute atomic E-state index is 12.0. The summed E-state index contributed by atoms with van der Waals surface area (Å²) in [6.45, 7) is 1.04. The third kappa shape index (κ3) is 4.95. The second-order valence-corrected chi connectivity index (χ2v) is 6.18. The van der Waals surface area contributed by atoms with Gasteiger partial charge in [-0.1, -0.05) is 18.2 Å². The van der Waals surface area contributed by atoms with Crippen LogP contribution in [-0.4, -0.2) is 30.0 Å². The number of hydrogen-bond donors (Lipinski definition) is 2. The SMILES string of the molecule is O=C(NC1CC1)c1ccc(NCCCOc2ccccc2)c([N+](=O)[O-])c1. The van der Waals surface area contributed by atoms with Crippen LogP contribution in [0.25, 0.3) is 0 Å². The zero-order valence-corrected chi connectivity index (χ0v) is 14.3. The van der Waals surface area contributed by atoms with E-state index in [1.54, 1.807) is 12.1 Å². The lowest BCUT2D eigenvalue weighted by Gasteiger charge is -2.10. The second-order valence-electron chi connectivity index (χ2n) is 6.18. The first kappa shape index (κ1) is 17.7. The summed E-state index contributed by atoms with van der Waals surface area (Å²) in [6, 6.07) is 14.2. The number of ether oxygens (including phenoxy) is 1. The van der Waals surface area contributed by atoms with Crippen LogP contribution < -0.4 is 15.4 Å². The fourth-order valence-electron chi connectivity index (χ4n) is 2.47. The monoisotopic (exact) mass is 355 g/mol.